The van der Waals surface area contributed by atoms with Gasteiger partial charge in [-0.05, 0) is 13.8 Å². The predicted molar refractivity (Wildman–Crippen MR) is 43.4 cm³/mol. The van der Waals surface area contributed by atoms with Crippen LogP contribution in [0.5, 0.6) is 0 Å². The fourth-order valence-electron chi connectivity index (χ4n) is 1.10. The second-order valence-corrected chi connectivity index (χ2v) is 2.60. The maximum atomic E-state index is 11.2. The van der Waals surface area contributed by atoms with Crippen LogP contribution in [0.15, 0.2) is 11.3 Å². The van der Waals surface area contributed by atoms with Crippen LogP contribution in [-0.4, -0.2) is 24.6 Å². The standard InChI is InChI=1S/C8H11NO4/c1-3-12-7(10)5-4(2)13-8(11)6(5)9/h4H,3,9H2,1-2H3/t4-/m1/s1. The van der Waals surface area contributed by atoms with Crippen molar-refractivity contribution in [2.75, 3.05) is 6.61 Å². The van der Waals surface area contributed by atoms with E-state index in [1.54, 1.807) is 13.8 Å². The van der Waals surface area contributed by atoms with E-state index in [1.807, 2.05) is 0 Å². The van der Waals surface area contributed by atoms with Gasteiger partial charge >= 0.3 is 11.9 Å². The fourth-order valence-corrected chi connectivity index (χ4v) is 1.10. The number of ether oxygens (including phenoxy) is 2. The van der Waals surface area contributed by atoms with Gasteiger partial charge in [0.15, 0.2) is 0 Å². The molecule has 0 aromatic rings. The summed E-state index contributed by atoms with van der Waals surface area (Å²) in [6, 6.07) is 0. The maximum absolute atomic E-state index is 11.2. The van der Waals surface area contributed by atoms with E-state index in [1.165, 1.54) is 0 Å². The molecule has 5 nitrogen and oxygen atoms in total. The Kier molecular flexibility index (Phi) is 2.55. The van der Waals surface area contributed by atoms with Crippen molar-refractivity contribution in [3.8, 4) is 0 Å². The second-order valence-electron chi connectivity index (χ2n) is 2.60. The Labute approximate surface area is 75.5 Å². The summed E-state index contributed by atoms with van der Waals surface area (Å²) in [5.74, 6) is -1.24. The first-order valence-corrected chi connectivity index (χ1v) is 3.95. The average molecular weight is 185 g/mol. The van der Waals surface area contributed by atoms with Crippen molar-refractivity contribution in [2.24, 2.45) is 5.73 Å². The molecule has 0 aromatic carbocycles. The molecule has 5 heteroatoms. The Balaban J connectivity index is 2.88. The lowest BCUT2D eigenvalue weighted by molar-refractivity contribution is -0.141. The molecule has 13 heavy (non-hydrogen) atoms. The van der Waals surface area contributed by atoms with Gasteiger partial charge in [-0.1, -0.05) is 0 Å². The number of hydrogen-bond donors (Lipinski definition) is 1. The molecule has 0 aliphatic carbocycles. The zero-order valence-corrected chi connectivity index (χ0v) is 7.49. The first-order valence-electron chi connectivity index (χ1n) is 3.95. The van der Waals surface area contributed by atoms with Gasteiger partial charge < -0.3 is 15.2 Å². The Morgan fingerprint density at radius 3 is 2.69 bits per heavy atom. The van der Waals surface area contributed by atoms with E-state index in [9.17, 15) is 9.59 Å². The van der Waals surface area contributed by atoms with Crippen LogP contribution in [0.4, 0.5) is 0 Å². The number of carbonyl (C=O) groups is 2. The highest BCUT2D eigenvalue weighted by Gasteiger charge is 2.34. The van der Waals surface area contributed by atoms with Crippen LogP contribution in [0, 0.1) is 0 Å². The van der Waals surface area contributed by atoms with Gasteiger partial charge in [0.1, 0.15) is 17.4 Å². The zero-order chi connectivity index (χ0) is 10.0. The van der Waals surface area contributed by atoms with Crippen LogP contribution in [0.2, 0.25) is 0 Å². The van der Waals surface area contributed by atoms with Gasteiger partial charge in [0.2, 0.25) is 0 Å². The van der Waals surface area contributed by atoms with Crippen LogP contribution >= 0.6 is 0 Å². The Morgan fingerprint density at radius 1 is 1.69 bits per heavy atom. The van der Waals surface area contributed by atoms with E-state index in [2.05, 4.69) is 0 Å². The van der Waals surface area contributed by atoms with E-state index in [4.69, 9.17) is 15.2 Å². The molecule has 0 spiro atoms. The molecule has 1 rings (SSSR count). The van der Waals surface area contributed by atoms with E-state index in [0.29, 0.717) is 0 Å². The summed E-state index contributed by atoms with van der Waals surface area (Å²) in [6.45, 7) is 3.50. The van der Waals surface area contributed by atoms with Crippen LogP contribution in [0.25, 0.3) is 0 Å². The molecular weight excluding hydrogens is 174 g/mol. The number of esters is 2. The quantitative estimate of drug-likeness (QED) is 0.598. The highest BCUT2D eigenvalue weighted by atomic mass is 16.6. The Morgan fingerprint density at radius 2 is 2.31 bits per heavy atom. The van der Waals surface area contributed by atoms with E-state index in [0.717, 1.165) is 0 Å². The van der Waals surface area contributed by atoms with Crippen LogP contribution in [-0.2, 0) is 19.1 Å². The number of carbonyl (C=O) groups excluding carboxylic acids is 2. The normalized spacial score (nSPS) is 21.7. The van der Waals surface area contributed by atoms with E-state index < -0.39 is 18.0 Å². The summed E-state index contributed by atoms with van der Waals surface area (Å²) in [5, 5.41) is 0. The molecule has 0 saturated carbocycles. The average Bonchev–Trinajstić information content (AvgIpc) is 2.27. The van der Waals surface area contributed by atoms with Crippen molar-refractivity contribution in [1.29, 1.82) is 0 Å². The minimum atomic E-state index is -0.657. The molecule has 0 aromatic heterocycles. The van der Waals surface area contributed by atoms with Crippen molar-refractivity contribution >= 4 is 11.9 Å². The van der Waals surface area contributed by atoms with Crippen molar-refractivity contribution < 1.29 is 19.1 Å². The SMILES string of the molecule is CCOC(=O)C1=C(N)C(=O)O[C@@H]1C. The Bertz CT molecular complexity index is 282. The smallest absolute Gasteiger partial charge is 0.355 e. The predicted octanol–water partition coefficient (Wildman–Crippen LogP) is -0.292. The van der Waals surface area contributed by atoms with E-state index >= 15 is 0 Å². The second kappa shape index (κ2) is 3.47. The monoisotopic (exact) mass is 185 g/mol. The first kappa shape index (κ1) is 9.57. The summed E-state index contributed by atoms with van der Waals surface area (Å²) in [4.78, 5) is 22.1. The van der Waals surface area contributed by atoms with Gasteiger partial charge in [0.25, 0.3) is 0 Å². The molecule has 0 bridgehead atoms. The molecule has 1 atom stereocenters. The fraction of sp³-hybridized carbons (Fsp3) is 0.500. The van der Waals surface area contributed by atoms with Crippen molar-refractivity contribution in [3.63, 3.8) is 0 Å². The van der Waals surface area contributed by atoms with Crippen molar-refractivity contribution in [3.05, 3.63) is 11.3 Å². The summed E-state index contributed by atoms with van der Waals surface area (Å²) >= 11 is 0. The third-order valence-electron chi connectivity index (χ3n) is 1.70. The minimum Gasteiger partial charge on any atom is -0.462 e. The van der Waals surface area contributed by atoms with Gasteiger partial charge in [0, 0.05) is 0 Å². The number of cyclic esters (lactones) is 1. The molecule has 0 fully saturated rings. The third kappa shape index (κ3) is 1.63. The summed E-state index contributed by atoms with van der Waals surface area (Å²) in [5.41, 5.74) is 5.32. The molecule has 1 aliphatic heterocycles. The molecule has 0 unspecified atom stereocenters. The Hall–Kier alpha value is -1.52. The lowest BCUT2D eigenvalue weighted by Gasteiger charge is -2.06. The molecule has 72 valence electrons. The number of hydrogen-bond acceptors (Lipinski definition) is 5. The topological polar surface area (TPSA) is 78.6 Å². The van der Waals surface area contributed by atoms with Crippen molar-refractivity contribution in [1.82, 2.24) is 0 Å². The van der Waals surface area contributed by atoms with E-state index in [-0.39, 0.29) is 17.9 Å². The highest BCUT2D eigenvalue weighted by molar-refractivity contribution is 6.03. The molecule has 0 radical (unpaired) electrons. The lowest BCUT2D eigenvalue weighted by atomic mass is 10.1. The first-order chi connectivity index (χ1) is 6.07. The zero-order valence-electron chi connectivity index (χ0n) is 7.49. The minimum absolute atomic E-state index is 0.117. The summed E-state index contributed by atoms with van der Waals surface area (Å²) in [6.07, 6.45) is -0.605. The number of rotatable bonds is 2. The van der Waals surface area contributed by atoms with Gasteiger partial charge in [-0.25, -0.2) is 9.59 Å². The van der Waals surface area contributed by atoms with Gasteiger partial charge in [-0.3, -0.25) is 0 Å². The third-order valence-corrected chi connectivity index (χ3v) is 1.70. The van der Waals surface area contributed by atoms with Crippen LogP contribution in [0.3, 0.4) is 0 Å². The van der Waals surface area contributed by atoms with Crippen LogP contribution < -0.4 is 5.73 Å². The van der Waals surface area contributed by atoms with Gasteiger partial charge in [-0.2, -0.15) is 0 Å². The van der Waals surface area contributed by atoms with Gasteiger partial charge in [0.05, 0.1) is 6.61 Å². The molecular formula is C8H11NO4. The molecule has 0 amide bonds. The van der Waals surface area contributed by atoms with Crippen LogP contribution in [0.1, 0.15) is 13.8 Å². The highest BCUT2D eigenvalue weighted by Crippen LogP contribution is 2.20. The largest absolute Gasteiger partial charge is 0.462 e. The van der Waals surface area contributed by atoms with Crippen molar-refractivity contribution in [2.45, 2.75) is 20.0 Å². The maximum Gasteiger partial charge on any atom is 0.355 e. The molecule has 1 aliphatic rings. The number of nitrogens with two attached hydrogens (primary N) is 1. The van der Waals surface area contributed by atoms with Gasteiger partial charge in [-0.15, -0.1) is 0 Å². The summed E-state index contributed by atoms with van der Waals surface area (Å²) < 4.78 is 9.42. The summed E-state index contributed by atoms with van der Waals surface area (Å²) in [7, 11) is 0. The lowest BCUT2D eigenvalue weighted by Crippen LogP contribution is -2.17. The molecule has 1 heterocycles. The molecule has 0 saturated heterocycles. The molecule has 2 N–H and O–H groups in total.